The van der Waals surface area contributed by atoms with Crippen molar-refractivity contribution in [3.05, 3.63) is 0 Å². The van der Waals surface area contributed by atoms with Crippen molar-refractivity contribution >= 4 is 40.7 Å². The van der Waals surface area contributed by atoms with Crippen molar-refractivity contribution in [2.24, 2.45) is 39.9 Å². The molecule has 0 rings (SSSR count). The Kier molecular flexibility index (Phi) is 20.4. The lowest BCUT2D eigenvalue weighted by Crippen LogP contribution is -2.28. The number of guanidine groups is 1. The summed E-state index contributed by atoms with van der Waals surface area (Å²) in [7, 11) is 0. The van der Waals surface area contributed by atoms with Crippen LogP contribution in [0, 0.1) is 17.8 Å². The zero-order chi connectivity index (χ0) is 30.5. The summed E-state index contributed by atoms with van der Waals surface area (Å²) >= 11 is 0. The molecule has 3 atom stereocenters. The third kappa shape index (κ3) is 17.0. The molecule has 0 aromatic heterocycles. The Morgan fingerprint density at radius 2 is 1.25 bits per heavy atom. The van der Waals surface area contributed by atoms with Crippen molar-refractivity contribution in [1.82, 2.24) is 0 Å². The summed E-state index contributed by atoms with van der Waals surface area (Å²) in [5, 5.41) is 9.74. The Morgan fingerprint density at radius 1 is 0.675 bits per heavy atom. The third-order valence-electron chi connectivity index (χ3n) is 7.08. The minimum absolute atomic E-state index is 0.00765. The number of unbranched alkanes of at least 4 members (excludes halogenated alkanes) is 1. The zero-order valence-corrected chi connectivity index (χ0v) is 24.3. The monoisotopic (exact) mass is 566 g/mol. The molecule has 11 nitrogen and oxygen atoms in total. The number of nitrogens with zero attached hydrogens (tertiary/aromatic N) is 1. The van der Waals surface area contributed by atoms with Crippen LogP contribution in [0.2, 0.25) is 0 Å². The molecule has 0 heterocycles. The maximum atomic E-state index is 13.1. The van der Waals surface area contributed by atoms with E-state index < -0.39 is 24.2 Å². The fourth-order valence-electron chi connectivity index (χ4n) is 4.42. The number of aliphatic imine (C=N–C) groups is 1. The molecule has 0 fully saturated rings. The van der Waals surface area contributed by atoms with Crippen molar-refractivity contribution in [2.75, 3.05) is 19.7 Å². The standard InChI is InChI=1S/C29H50N4O7/c1-3-20(26(38)9-5-6-14-30)16-25(37)12-13-27(39)21(8-7-15-33-29(31)32)18-28(40)22(19-34)17-24(36)11-10-23(35)4-2/h20-22,34H,3-19,30H2,1-2H3,(H4,31,32,33). The second-order valence-electron chi connectivity index (χ2n) is 10.4. The molecule has 0 aliphatic heterocycles. The van der Waals surface area contributed by atoms with E-state index in [1.807, 2.05) is 6.92 Å². The Bertz CT molecular complexity index is 868. The highest BCUT2D eigenvalue weighted by Gasteiger charge is 2.28. The largest absolute Gasteiger partial charge is 0.396 e. The normalized spacial score (nSPS) is 13.2. The van der Waals surface area contributed by atoms with Crippen LogP contribution in [0.1, 0.15) is 104 Å². The summed E-state index contributed by atoms with van der Waals surface area (Å²) in [4.78, 5) is 78.7. The number of hydrogen-bond acceptors (Lipinski definition) is 9. The summed E-state index contributed by atoms with van der Waals surface area (Å²) in [6, 6.07) is 0. The molecule has 7 N–H and O–H groups in total. The fourth-order valence-corrected chi connectivity index (χ4v) is 4.42. The molecule has 228 valence electrons. The molecular formula is C29H50N4O7. The van der Waals surface area contributed by atoms with Gasteiger partial charge in [0.05, 0.1) is 6.61 Å². The number of rotatable bonds is 26. The first kappa shape index (κ1) is 37.2. The molecule has 0 aliphatic carbocycles. The summed E-state index contributed by atoms with van der Waals surface area (Å²) in [6.45, 7) is 3.79. The quantitative estimate of drug-likeness (QED) is 0.0678. The predicted molar refractivity (Wildman–Crippen MR) is 153 cm³/mol. The topological polar surface area (TPSA) is 213 Å². The first-order valence-electron chi connectivity index (χ1n) is 14.5. The molecule has 0 aliphatic rings. The van der Waals surface area contributed by atoms with Gasteiger partial charge in [0.2, 0.25) is 0 Å². The molecule has 40 heavy (non-hydrogen) atoms. The van der Waals surface area contributed by atoms with Crippen molar-refractivity contribution in [2.45, 2.75) is 104 Å². The van der Waals surface area contributed by atoms with Gasteiger partial charge in [0.1, 0.15) is 34.7 Å². The molecule has 0 aromatic rings. The summed E-state index contributed by atoms with van der Waals surface area (Å²) in [5.41, 5.74) is 16.2. The molecule has 0 spiro atoms. The maximum Gasteiger partial charge on any atom is 0.185 e. The highest BCUT2D eigenvalue weighted by molar-refractivity contribution is 5.94. The molecule has 0 bridgehead atoms. The minimum Gasteiger partial charge on any atom is -0.396 e. The second kappa shape index (κ2) is 22.0. The number of carbonyl (C=O) groups excluding carboxylic acids is 6. The molecule has 0 radical (unpaired) electrons. The SMILES string of the molecule is CCC(=O)CCC(=O)CC(CO)C(=O)CC(CCCN=C(N)N)C(=O)CCC(=O)CC(CC)C(=O)CCCCN. The third-order valence-corrected chi connectivity index (χ3v) is 7.08. The summed E-state index contributed by atoms with van der Waals surface area (Å²) < 4.78 is 0. The minimum atomic E-state index is -0.963. The van der Waals surface area contributed by atoms with Crippen LogP contribution in [0.3, 0.4) is 0 Å². The van der Waals surface area contributed by atoms with Gasteiger partial charge in [0, 0.05) is 82.1 Å². The van der Waals surface area contributed by atoms with Crippen LogP contribution in [0.5, 0.6) is 0 Å². The van der Waals surface area contributed by atoms with Crippen LogP contribution in [-0.2, 0) is 28.8 Å². The van der Waals surface area contributed by atoms with Gasteiger partial charge >= 0.3 is 0 Å². The van der Waals surface area contributed by atoms with Crippen molar-refractivity contribution in [3.8, 4) is 0 Å². The lowest BCUT2D eigenvalue weighted by Gasteiger charge is -2.19. The van der Waals surface area contributed by atoms with E-state index in [0.717, 1.165) is 6.42 Å². The molecule has 0 saturated heterocycles. The van der Waals surface area contributed by atoms with E-state index in [-0.39, 0.29) is 92.3 Å². The van der Waals surface area contributed by atoms with Crippen LogP contribution in [0.15, 0.2) is 4.99 Å². The molecular weight excluding hydrogens is 516 g/mol. The van der Waals surface area contributed by atoms with Crippen molar-refractivity contribution in [3.63, 3.8) is 0 Å². The number of Topliss-reactive ketones (excluding diaryl/α,β-unsaturated/α-hetero) is 6. The van der Waals surface area contributed by atoms with Crippen LogP contribution < -0.4 is 17.2 Å². The van der Waals surface area contributed by atoms with E-state index in [2.05, 4.69) is 4.99 Å². The lowest BCUT2D eigenvalue weighted by molar-refractivity contribution is -0.133. The van der Waals surface area contributed by atoms with Gasteiger partial charge in [-0.2, -0.15) is 0 Å². The number of hydrogen-bond donors (Lipinski definition) is 4. The first-order valence-corrected chi connectivity index (χ1v) is 14.5. The highest BCUT2D eigenvalue weighted by atomic mass is 16.3. The molecule has 3 unspecified atom stereocenters. The van der Waals surface area contributed by atoms with Gasteiger partial charge < -0.3 is 22.3 Å². The number of aliphatic hydroxyl groups excluding tert-OH is 1. The van der Waals surface area contributed by atoms with Gasteiger partial charge in [-0.3, -0.25) is 33.8 Å². The second-order valence-corrected chi connectivity index (χ2v) is 10.4. The molecule has 0 aromatic carbocycles. The van der Waals surface area contributed by atoms with Gasteiger partial charge in [-0.05, 0) is 38.6 Å². The average molecular weight is 567 g/mol. The van der Waals surface area contributed by atoms with E-state index in [4.69, 9.17) is 17.2 Å². The Labute approximate surface area is 238 Å². The van der Waals surface area contributed by atoms with E-state index in [1.165, 1.54) is 0 Å². The van der Waals surface area contributed by atoms with E-state index in [0.29, 0.717) is 45.1 Å². The van der Waals surface area contributed by atoms with Crippen molar-refractivity contribution < 1.29 is 33.9 Å². The lowest BCUT2D eigenvalue weighted by atomic mass is 9.84. The van der Waals surface area contributed by atoms with E-state index in [9.17, 15) is 33.9 Å². The van der Waals surface area contributed by atoms with Gasteiger partial charge in [-0.15, -0.1) is 0 Å². The van der Waals surface area contributed by atoms with Gasteiger partial charge in [0.25, 0.3) is 0 Å². The smallest absolute Gasteiger partial charge is 0.185 e. The number of ketones is 6. The van der Waals surface area contributed by atoms with Crippen molar-refractivity contribution in [1.29, 1.82) is 0 Å². The summed E-state index contributed by atoms with van der Waals surface area (Å²) in [6.07, 6.45) is 3.10. The Morgan fingerprint density at radius 3 is 1.80 bits per heavy atom. The van der Waals surface area contributed by atoms with E-state index in [1.54, 1.807) is 6.92 Å². The molecule has 0 amide bonds. The van der Waals surface area contributed by atoms with Crippen LogP contribution in [-0.4, -0.2) is 65.5 Å². The summed E-state index contributed by atoms with van der Waals surface area (Å²) in [5.74, 6) is -3.35. The highest BCUT2D eigenvalue weighted by Crippen LogP contribution is 2.22. The Balaban J connectivity index is 5.18. The van der Waals surface area contributed by atoms with Gasteiger partial charge in [-0.1, -0.05) is 13.8 Å². The number of carbonyl (C=O) groups is 6. The van der Waals surface area contributed by atoms with Crippen LogP contribution in [0.4, 0.5) is 0 Å². The molecule has 0 saturated carbocycles. The number of nitrogens with two attached hydrogens (primary N) is 3. The molecule has 11 heteroatoms. The van der Waals surface area contributed by atoms with Crippen LogP contribution in [0.25, 0.3) is 0 Å². The van der Waals surface area contributed by atoms with E-state index >= 15 is 0 Å². The fraction of sp³-hybridized carbons (Fsp3) is 0.759. The average Bonchev–Trinajstić information content (AvgIpc) is 2.93. The first-order chi connectivity index (χ1) is 19.0. The predicted octanol–water partition coefficient (Wildman–Crippen LogP) is 1.98. The van der Waals surface area contributed by atoms with Crippen LogP contribution >= 0.6 is 0 Å². The van der Waals surface area contributed by atoms with Gasteiger partial charge in [0.15, 0.2) is 5.96 Å². The maximum absolute atomic E-state index is 13.1. The number of aliphatic hydroxyl groups is 1. The van der Waals surface area contributed by atoms with Gasteiger partial charge in [-0.25, -0.2) is 0 Å². The Hall–Kier alpha value is -2.79. The zero-order valence-electron chi connectivity index (χ0n) is 24.3.